The second kappa shape index (κ2) is 22.5. The summed E-state index contributed by atoms with van der Waals surface area (Å²) in [5, 5.41) is 49.5. The van der Waals surface area contributed by atoms with Crippen LogP contribution < -0.4 is 27.4 Å². The highest BCUT2D eigenvalue weighted by atomic mass is 32.2. The van der Waals surface area contributed by atoms with E-state index in [4.69, 9.17) is 39.2 Å². The molecule has 34 heteroatoms. The average molecular weight is 1010 g/mol. The van der Waals surface area contributed by atoms with E-state index in [-0.39, 0.29) is 48.8 Å². The standard InChI is InChI=1S/C31H54N9O21P3S/c1-30(2,25(46)28(47)35-6-5-17(41)34-7-8-65-11-18(42)36-9-15-21(43)22(44)19(32)29(55-4)58-15)12-57-64(53,54)61-63(51,52)56-10-16-23(60-62(48,49)50)24(45)31(3,59-16)40-14-39-20-26(33)37-13-38-27(20)40/h13-16,19,21-25,29,43-46H,5-12,32H2,1-4H3,(H,34,41)(H,35,47)(H,36,42)(H,51,52)(H,53,54)(H2,33,37,38)(H2,48,49,50)/t15-,16?,19-,21-,22-,23?,24?,25?,29+,31?/m1/s1. The lowest BCUT2D eigenvalue weighted by Gasteiger charge is -2.40. The lowest BCUT2D eigenvalue weighted by Crippen LogP contribution is -2.63. The molecule has 12 atom stereocenters. The molecule has 30 nitrogen and oxygen atoms in total. The minimum absolute atomic E-state index is 0.00550. The van der Waals surface area contributed by atoms with Crippen LogP contribution in [-0.4, -0.2) is 184 Å². The second-order valence-electron chi connectivity index (χ2n) is 15.3. The molecule has 0 bridgehead atoms. The maximum absolute atomic E-state index is 12.8. The predicted molar refractivity (Wildman–Crippen MR) is 220 cm³/mol. The van der Waals surface area contributed by atoms with Crippen molar-refractivity contribution in [2.45, 2.75) is 88.0 Å². The van der Waals surface area contributed by atoms with Gasteiger partial charge in [0.05, 0.1) is 31.3 Å². The Kier molecular flexibility index (Phi) is 19.0. The van der Waals surface area contributed by atoms with Gasteiger partial charge in [0.15, 0.2) is 23.5 Å². The number of hydrogen-bond donors (Lipinski definition) is 13. The Morgan fingerprint density at radius 3 is 2.32 bits per heavy atom. The molecule has 2 aromatic rings. The number of nitrogens with zero attached hydrogens (tertiary/aromatic N) is 4. The fourth-order valence-corrected chi connectivity index (χ4v) is 9.78. The molecule has 2 aliphatic heterocycles. The summed E-state index contributed by atoms with van der Waals surface area (Å²) in [7, 11) is -15.2. The van der Waals surface area contributed by atoms with E-state index in [1.165, 1.54) is 39.6 Å². The van der Waals surface area contributed by atoms with Gasteiger partial charge in [-0.25, -0.2) is 28.6 Å². The van der Waals surface area contributed by atoms with Crippen molar-refractivity contribution < 1.29 is 100 Å². The number of thioether (sulfide) groups is 1. The Labute approximate surface area is 373 Å². The normalized spacial score (nSPS) is 28.6. The molecule has 370 valence electrons. The summed E-state index contributed by atoms with van der Waals surface area (Å²) in [4.78, 5) is 88.6. The van der Waals surface area contributed by atoms with Gasteiger partial charge in [-0.2, -0.15) is 16.1 Å². The van der Waals surface area contributed by atoms with Crippen LogP contribution in [0.1, 0.15) is 27.2 Å². The molecular formula is C31H54N9O21P3S. The Hall–Kier alpha value is -2.84. The lowest BCUT2D eigenvalue weighted by atomic mass is 9.87. The lowest BCUT2D eigenvalue weighted by molar-refractivity contribution is -0.249. The molecule has 4 rings (SSSR count). The number of aromatic nitrogens is 4. The summed E-state index contributed by atoms with van der Waals surface area (Å²) in [5.41, 5.74) is 7.97. The number of hydrogen-bond acceptors (Lipinski definition) is 23. The number of carbonyl (C=O) groups is 3. The van der Waals surface area contributed by atoms with E-state index in [0.717, 1.165) is 17.2 Å². The monoisotopic (exact) mass is 1010 g/mol. The molecule has 7 unspecified atom stereocenters. The Morgan fingerprint density at radius 2 is 1.66 bits per heavy atom. The van der Waals surface area contributed by atoms with Gasteiger partial charge in [0.2, 0.25) is 17.7 Å². The third-order valence-electron chi connectivity index (χ3n) is 9.85. The van der Waals surface area contributed by atoms with E-state index in [0.29, 0.717) is 5.75 Å². The van der Waals surface area contributed by atoms with Gasteiger partial charge in [0.25, 0.3) is 0 Å². The molecule has 0 saturated carbocycles. The molecule has 0 aliphatic carbocycles. The van der Waals surface area contributed by atoms with Crippen LogP contribution in [0.15, 0.2) is 12.7 Å². The van der Waals surface area contributed by atoms with E-state index < -0.39 is 121 Å². The van der Waals surface area contributed by atoms with Crippen LogP contribution in [0.2, 0.25) is 0 Å². The smallest absolute Gasteiger partial charge is 0.388 e. The number of amides is 3. The van der Waals surface area contributed by atoms with Crippen molar-refractivity contribution in [2.75, 3.05) is 57.2 Å². The van der Waals surface area contributed by atoms with Crippen LogP contribution in [0.4, 0.5) is 5.82 Å². The van der Waals surface area contributed by atoms with Crippen LogP contribution in [0, 0.1) is 5.41 Å². The first-order valence-electron chi connectivity index (χ1n) is 19.2. The van der Waals surface area contributed by atoms with Crippen molar-refractivity contribution in [1.29, 1.82) is 0 Å². The Morgan fingerprint density at radius 1 is 0.985 bits per heavy atom. The van der Waals surface area contributed by atoms with Crippen molar-refractivity contribution in [3.05, 3.63) is 12.7 Å². The minimum atomic E-state index is -5.62. The summed E-state index contributed by atoms with van der Waals surface area (Å²) in [6.45, 7) is 1.38. The van der Waals surface area contributed by atoms with Gasteiger partial charge in [-0.1, -0.05) is 13.8 Å². The molecule has 2 aliphatic rings. The number of phosphoric acid groups is 3. The topological polar surface area (TPSA) is 461 Å². The van der Waals surface area contributed by atoms with Crippen molar-refractivity contribution in [2.24, 2.45) is 11.1 Å². The third kappa shape index (κ3) is 14.8. The average Bonchev–Trinajstić information content (AvgIpc) is 3.76. The van der Waals surface area contributed by atoms with E-state index in [1.807, 2.05) is 0 Å². The maximum atomic E-state index is 12.8. The summed E-state index contributed by atoms with van der Waals surface area (Å²) >= 11 is 1.18. The number of carbonyl (C=O) groups excluding carboxylic acids is 3. The fraction of sp³-hybridized carbons (Fsp3) is 0.742. The van der Waals surface area contributed by atoms with Gasteiger partial charge < -0.3 is 81.6 Å². The number of nitrogens with two attached hydrogens (primary N) is 2. The Bertz CT molecular complexity index is 2120. The zero-order valence-electron chi connectivity index (χ0n) is 35.1. The number of nitrogens with one attached hydrogen (secondary N) is 3. The molecule has 2 saturated heterocycles. The van der Waals surface area contributed by atoms with Gasteiger partial charge in [0, 0.05) is 44.3 Å². The summed E-state index contributed by atoms with van der Waals surface area (Å²) in [5.74, 6) is -1.66. The molecule has 4 heterocycles. The van der Waals surface area contributed by atoms with Crippen molar-refractivity contribution in [3.63, 3.8) is 0 Å². The number of methoxy groups -OCH3 is 1. The molecule has 3 amide bonds. The van der Waals surface area contributed by atoms with Crippen molar-refractivity contribution in [1.82, 2.24) is 35.5 Å². The quantitative estimate of drug-likeness (QED) is 0.0351. The molecular weight excluding hydrogens is 959 g/mol. The first kappa shape index (κ1) is 54.8. The van der Waals surface area contributed by atoms with Gasteiger partial charge >= 0.3 is 23.5 Å². The molecule has 0 aromatic carbocycles. The van der Waals surface area contributed by atoms with Crippen LogP contribution >= 0.6 is 35.2 Å². The molecule has 2 aromatic heterocycles. The molecule has 65 heavy (non-hydrogen) atoms. The van der Waals surface area contributed by atoms with E-state index in [1.54, 1.807) is 0 Å². The first-order valence-corrected chi connectivity index (χ1v) is 24.9. The molecule has 0 radical (unpaired) electrons. The summed E-state index contributed by atoms with van der Waals surface area (Å²) < 4.78 is 73.3. The SMILES string of the molecule is CO[C@H]1O[C@H](CNC(=O)CSCCNC(=O)CCNC(=O)C(O)C(C)(C)COP(=O)(O)OP(=O)(O)OCC2OC(C)(n3cnc4c(N)ncnc43)C(O)C2OP(=O)(O)O)[C@@H](O)[C@H](O)[C@H]1N. The second-order valence-corrected chi connectivity index (χ2v) is 20.7. The van der Waals surface area contributed by atoms with Gasteiger partial charge in [0.1, 0.15) is 54.6 Å². The molecule has 15 N–H and O–H groups in total. The van der Waals surface area contributed by atoms with Gasteiger partial charge in [-0.3, -0.25) is 32.5 Å². The number of aliphatic hydroxyl groups excluding tert-OH is 4. The Balaban J connectivity index is 1.17. The van der Waals surface area contributed by atoms with Crippen LogP contribution in [0.5, 0.6) is 0 Å². The van der Waals surface area contributed by atoms with Crippen LogP contribution in [0.25, 0.3) is 11.2 Å². The number of phosphoric ester groups is 3. The number of fused-ring (bicyclic) bond motifs is 1. The van der Waals surface area contributed by atoms with Crippen molar-refractivity contribution >= 4 is 69.9 Å². The third-order valence-corrected chi connectivity index (χ3v) is 13.9. The number of rotatable bonds is 24. The fourth-order valence-electron chi connectivity index (χ4n) is 6.28. The number of ether oxygens (including phenoxy) is 3. The minimum Gasteiger partial charge on any atom is -0.388 e. The zero-order valence-corrected chi connectivity index (χ0v) is 38.6. The number of aliphatic hydroxyl groups is 4. The number of nitrogen functional groups attached to an aromatic ring is 1. The predicted octanol–water partition coefficient (Wildman–Crippen LogP) is -4.15. The highest BCUT2D eigenvalue weighted by molar-refractivity contribution is 7.99. The molecule has 0 spiro atoms. The number of imidazole rings is 1. The van der Waals surface area contributed by atoms with Crippen LogP contribution in [0.3, 0.4) is 0 Å². The first-order chi connectivity index (χ1) is 30.1. The van der Waals surface area contributed by atoms with E-state index in [9.17, 15) is 68.1 Å². The summed E-state index contributed by atoms with van der Waals surface area (Å²) in [6.07, 6.45) is -10.3. The van der Waals surface area contributed by atoms with Gasteiger partial charge in [-0.05, 0) is 6.92 Å². The zero-order chi connectivity index (χ0) is 48.7. The van der Waals surface area contributed by atoms with E-state index in [2.05, 4.69) is 35.2 Å². The largest absolute Gasteiger partial charge is 0.481 e. The summed E-state index contributed by atoms with van der Waals surface area (Å²) in [6, 6.07) is -0.976. The van der Waals surface area contributed by atoms with E-state index >= 15 is 0 Å². The maximum Gasteiger partial charge on any atom is 0.481 e. The van der Waals surface area contributed by atoms with Crippen LogP contribution in [-0.2, 0) is 65.9 Å². The highest BCUT2D eigenvalue weighted by Crippen LogP contribution is 2.61. The molecule has 2 fully saturated rings. The van der Waals surface area contributed by atoms with Crippen molar-refractivity contribution in [3.8, 4) is 0 Å². The number of anilines is 1. The van der Waals surface area contributed by atoms with Gasteiger partial charge in [-0.15, -0.1) is 0 Å². The highest BCUT2D eigenvalue weighted by Gasteiger charge is 2.57.